The van der Waals surface area contributed by atoms with E-state index in [1.54, 1.807) is 6.20 Å². The van der Waals surface area contributed by atoms with E-state index >= 15 is 0 Å². The number of aromatic nitrogens is 1. The van der Waals surface area contributed by atoms with Crippen LogP contribution < -0.4 is 5.32 Å². The van der Waals surface area contributed by atoms with Gasteiger partial charge in [-0.3, -0.25) is 0 Å². The van der Waals surface area contributed by atoms with Crippen LogP contribution in [0.15, 0.2) is 16.8 Å². The van der Waals surface area contributed by atoms with E-state index in [4.69, 9.17) is 9.26 Å². The molecule has 2 aliphatic carbocycles. The summed E-state index contributed by atoms with van der Waals surface area (Å²) in [6.07, 6.45) is 7.29. The van der Waals surface area contributed by atoms with Crippen LogP contribution in [-0.2, 0) is 11.3 Å². The summed E-state index contributed by atoms with van der Waals surface area (Å²) in [4.78, 5) is 0. The highest BCUT2D eigenvalue weighted by Gasteiger charge is 2.58. The van der Waals surface area contributed by atoms with Gasteiger partial charge in [0, 0.05) is 24.1 Å². The number of nitrogens with one attached hydrogen (secondary N) is 1. The fourth-order valence-electron chi connectivity index (χ4n) is 3.28. The normalized spacial score (nSPS) is 29.9. The van der Waals surface area contributed by atoms with Crippen LogP contribution in [0.25, 0.3) is 0 Å². The minimum Gasteiger partial charge on any atom is -0.378 e. The fourth-order valence-corrected chi connectivity index (χ4v) is 3.28. The minimum atomic E-state index is 0.427. The van der Waals surface area contributed by atoms with Crippen LogP contribution in [0.3, 0.4) is 0 Å². The molecule has 2 atom stereocenters. The van der Waals surface area contributed by atoms with Gasteiger partial charge in [0.05, 0.1) is 18.8 Å². The zero-order valence-corrected chi connectivity index (χ0v) is 10.3. The van der Waals surface area contributed by atoms with Crippen molar-refractivity contribution < 1.29 is 9.26 Å². The fraction of sp³-hybridized carbons (Fsp3) is 0.769. The molecule has 4 nitrogen and oxygen atoms in total. The maximum Gasteiger partial charge on any atom is 0.150 e. The molecule has 2 unspecified atom stereocenters. The quantitative estimate of drug-likeness (QED) is 0.850. The molecule has 3 rings (SSSR count). The highest BCUT2D eigenvalue weighted by Crippen LogP contribution is 2.57. The van der Waals surface area contributed by atoms with Crippen molar-refractivity contribution in [3.05, 3.63) is 18.0 Å². The second-order valence-corrected chi connectivity index (χ2v) is 5.18. The summed E-state index contributed by atoms with van der Waals surface area (Å²) in [5.41, 5.74) is 0.427. The molecule has 1 aromatic rings. The van der Waals surface area contributed by atoms with Crippen molar-refractivity contribution in [2.75, 3.05) is 6.61 Å². The van der Waals surface area contributed by atoms with Gasteiger partial charge in [0.15, 0.2) is 0 Å². The lowest BCUT2D eigenvalue weighted by molar-refractivity contribution is -0.173. The standard InChI is InChI=1S/C13H20N2O2/c1-2-16-12-8-11(13(12)5-3-6-13)14-9-10-4-7-15-17-10/h4,7,11-12,14H,2-3,5-6,8-9H2,1H3. The molecule has 1 N–H and O–H groups in total. The average molecular weight is 236 g/mol. The minimum absolute atomic E-state index is 0.427. The molecule has 2 saturated carbocycles. The highest BCUT2D eigenvalue weighted by molar-refractivity contribution is 5.12. The number of rotatable bonds is 5. The maximum absolute atomic E-state index is 5.83. The van der Waals surface area contributed by atoms with Crippen LogP contribution in [0.1, 0.15) is 38.4 Å². The number of ether oxygens (including phenoxy) is 1. The van der Waals surface area contributed by atoms with Crippen molar-refractivity contribution in [3.8, 4) is 0 Å². The zero-order chi connectivity index (χ0) is 11.7. The molecule has 0 amide bonds. The largest absolute Gasteiger partial charge is 0.378 e. The van der Waals surface area contributed by atoms with Crippen molar-refractivity contribution in [1.29, 1.82) is 0 Å². The molecule has 0 saturated heterocycles. The van der Waals surface area contributed by atoms with Gasteiger partial charge in [-0.05, 0) is 26.2 Å². The van der Waals surface area contributed by atoms with Crippen LogP contribution in [0.2, 0.25) is 0 Å². The smallest absolute Gasteiger partial charge is 0.150 e. The zero-order valence-electron chi connectivity index (χ0n) is 10.3. The van der Waals surface area contributed by atoms with E-state index in [0.717, 1.165) is 25.3 Å². The van der Waals surface area contributed by atoms with Gasteiger partial charge in [-0.2, -0.15) is 0 Å². The van der Waals surface area contributed by atoms with Crippen LogP contribution >= 0.6 is 0 Å². The molecule has 2 aliphatic rings. The van der Waals surface area contributed by atoms with E-state index < -0.39 is 0 Å². The van der Waals surface area contributed by atoms with E-state index in [1.807, 2.05) is 6.07 Å². The van der Waals surface area contributed by atoms with Gasteiger partial charge in [0.2, 0.25) is 0 Å². The Kier molecular flexibility index (Phi) is 2.92. The number of hydrogen-bond donors (Lipinski definition) is 1. The van der Waals surface area contributed by atoms with Crippen molar-refractivity contribution in [1.82, 2.24) is 10.5 Å². The van der Waals surface area contributed by atoms with E-state index in [-0.39, 0.29) is 0 Å². The lowest BCUT2D eigenvalue weighted by atomic mass is 9.51. The van der Waals surface area contributed by atoms with E-state index in [9.17, 15) is 0 Å². The molecule has 0 radical (unpaired) electrons. The second-order valence-electron chi connectivity index (χ2n) is 5.18. The van der Waals surface area contributed by atoms with Gasteiger partial charge < -0.3 is 14.6 Å². The van der Waals surface area contributed by atoms with Crippen molar-refractivity contribution in [3.63, 3.8) is 0 Å². The lowest BCUT2D eigenvalue weighted by Gasteiger charge is -2.61. The summed E-state index contributed by atoms with van der Waals surface area (Å²) >= 11 is 0. The first-order valence-corrected chi connectivity index (χ1v) is 6.60. The SMILES string of the molecule is CCOC1CC(NCc2ccno2)C12CCC2. The molecule has 94 valence electrons. The molecule has 1 spiro atoms. The third-order valence-corrected chi connectivity index (χ3v) is 4.45. The first-order valence-electron chi connectivity index (χ1n) is 6.60. The molecule has 17 heavy (non-hydrogen) atoms. The van der Waals surface area contributed by atoms with Crippen LogP contribution in [0, 0.1) is 5.41 Å². The molecule has 1 aromatic heterocycles. The van der Waals surface area contributed by atoms with Gasteiger partial charge >= 0.3 is 0 Å². The number of nitrogens with zero attached hydrogens (tertiary/aromatic N) is 1. The maximum atomic E-state index is 5.83. The van der Waals surface area contributed by atoms with Crippen molar-refractivity contribution in [2.24, 2.45) is 5.41 Å². The monoisotopic (exact) mass is 236 g/mol. The molecule has 1 heterocycles. The van der Waals surface area contributed by atoms with E-state index in [1.165, 1.54) is 19.3 Å². The van der Waals surface area contributed by atoms with Crippen molar-refractivity contribution in [2.45, 2.75) is 51.3 Å². The predicted octanol–water partition coefficient (Wildman–Crippen LogP) is 2.11. The van der Waals surface area contributed by atoms with Crippen molar-refractivity contribution >= 4 is 0 Å². The molecular weight excluding hydrogens is 216 g/mol. The number of hydrogen-bond acceptors (Lipinski definition) is 4. The molecule has 4 heteroatoms. The van der Waals surface area contributed by atoms with Gasteiger partial charge in [0.1, 0.15) is 5.76 Å². The third-order valence-electron chi connectivity index (χ3n) is 4.45. The van der Waals surface area contributed by atoms with Gasteiger partial charge in [0.25, 0.3) is 0 Å². The van der Waals surface area contributed by atoms with Crippen LogP contribution in [0.4, 0.5) is 0 Å². The Hall–Kier alpha value is -0.870. The van der Waals surface area contributed by atoms with Gasteiger partial charge in [-0.25, -0.2) is 0 Å². The van der Waals surface area contributed by atoms with E-state index in [0.29, 0.717) is 17.6 Å². The second kappa shape index (κ2) is 4.42. The molecule has 0 aromatic carbocycles. The van der Waals surface area contributed by atoms with E-state index in [2.05, 4.69) is 17.4 Å². The Bertz CT molecular complexity index is 360. The predicted molar refractivity (Wildman–Crippen MR) is 63.4 cm³/mol. The van der Waals surface area contributed by atoms with Gasteiger partial charge in [-0.15, -0.1) is 0 Å². The first kappa shape index (κ1) is 11.2. The Morgan fingerprint density at radius 3 is 3.06 bits per heavy atom. The summed E-state index contributed by atoms with van der Waals surface area (Å²) in [6, 6.07) is 2.51. The van der Waals surface area contributed by atoms with Crippen LogP contribution in [0.5, 0.6) is 0 Å². The first-order chi connectivity index (χ1) is 8.35. The Morgan fingerprint density at radius 1 is 1.59 bits per heavy atom. The topological polar surface area (TPSA) is 47.3 Å². The van der Waals surface area contributed by atoms with Crippen LogP contribution in [-0.4, -0.2) is 23.9 Å². The Morgan fingerprint density at radius 2 is 2.47 bits per heavy atom. The lowest BCUT2D eigenvalue weighted by Crippen LogP contribution is -2.66. The third kappa shape index (κ3) is 1.79. The average Bonchev–Trinajstić information content (AvgIpc) is 2.72. The summed E-state index contributed by atoms with van der Waals surface area (Å²) in [5.74, 6) is 0.916. The summed E-state index contributed by atoms with van der Waals surface area (Å²) in [6.45, 7) is 3.70. The molecular formula is C13H20N2O2. The molecule has 0 bridgehead atoms. The summed E-state index contributed by atoms with van der Waals surface area (Å²) in [7, 11) is 0. The highest BCUT2D eigenvalue weighted by atomic mass is 16.5. The summed E-state index contributed by atoms with van der Waals surface area (Å²) in [5, 5.41) is 7.31. The summed E-state index contributed by atoms with van der Waals surface area (Å²) < 4.78 is 10.9. The Labute approximate surface area is 102 Å². The van der Waals surface area contributed by atoms with Gasteiger partial charge in [-0.1, -0.05) is 11.6 Å². The molecule has 0 aliphatic heterocycles. The molecule has 2 fully saturated rings. The Balaban J connectivity index is 1.55.